The molecule has 1 heterocycles. The van der Waals surface area contributed by atoms with Crippen LogP contribution in [0.25, 0.3) is 5.57 Å². The summed E-state index contributed by atoms with van der Waals surface area (Å²) in [6.07, 6.45) is 0. The van der Waals surface area contributed by atoms with E-state index in [0.29, 0.717) is 5.57 Å². The molecule has 0 aliphatic carbocycles. The van der Waals surface area contributed by atoms with Crippen LogP contribution in [0.4, 0.5) is 0 Å². The average molecular weight is 261 g/mol. The number of hydrogen-bond donors (Lipinski definition) is 1. The Morgan fingerprint density at radius 3 is 2.54 bits per heavy atom. The van der Waals surface area contributed by atoms with Gasteiger partial charge in [-0.1, -0.05) is 0 Å². The number of carbonyl (C=O) groups is 1. The Morgan fingerprint density at radius 1 is 1.54 bits per heavy atom. The molecule has 0 radical (unpaired) electrons. The van der Waals surface area contributed by atoms with Gasteiger partial charge in [0, 0.05) is 20.3 Å². The maximum absolute atomic E-state index is 10.7. The molecule has 0 aliphatic heterocycles. The van der Waals surface area contributed by atoms with Crippen molar-refractivity contribution >= 4 is 38.8 Å². The molecule has 0 saturated heterocycles. The molecule has 4 heteroatoms. The molecule has 0 aromatic carbocycles. The number of allylic oxidation sites excluding steroid dienone is 1. The van der Waals surface area contributed by atoms with Crippen molar-refractivity contribution in [3.63, 3.8) is 0 Å². The van der Waals surface area contributed by atoms with Crippen molar-refractivity contribution in [1.29, 1.82) is 0 Å². The maximum atomic E-state index is 10.7. The first-order valence-corrected chi connectivity index (χ1v) is 5.35. The first-order chi connectivity index (χ1) is 6.02. The Labute approximate surface area is 89.0 Å². The van der Waals surface area contributed by atoms with E-state index in [1.165, 1.54) is 11.3 Å². The van der Waals surface area contributed by atoms with Crippen molar-refractivity contribution in [2.75, 3.05) is 0 Å². The zero-order chi connectivity index (χ0) is 10.0. The predicted octanol–water partition coefficient (Wildman–Crippen LogP) is 3.39. The standard InChI is InChI=1S/C9H9BrO2S/c1-5(6(2)9(11)12)8-3-7(10)4-13-8/h3-4H,1-2H3,(H,11,12). The molecule has 1 aromatic heterocycles. The van der Waals surface area contributed by atoms with Crippen molar-refractivity contribution in [1.82, 2.24) is 0 Å². The number of aliphatic carboxylic acids is 1. The molecule has 0 aliphatic rings. The van der Waals surface area contributed by atoms with Gasteiger partial charge in [0.25, 0.3) is 0 Å². The fourth-order valence-electron chi connectivity index (χ4n) is 0.855. The van der Waals surface area contributed by atoms with E-state index in [4.69, 9.17) is 5.11 Å². The topological polar surface area (TPSA) is 37.3 Å². The Morgan fingerprint density at radius 2 is 2.15 bits per heavy atom. The van der Waals surface area contributed by atoms with Crippen LogP contribution in [0.3, 0.4) is 0 Å². The molecule has 0 saturated carbocycles. The second-order valence-corrected chi connectivity index (χ2v) is 4.51. The van der Waals surface area contributed by atoms with Crippen molar-refractivity contribution in [3.05, 3.63) is 26.4 Å². The molecule has 0 fully saturated rings. The van der Waals surface area contributed by atoms with Gasteiger partial charge in [-0.3, -0.25) is 0 Å². The minimum absolute atomic E-state index is 0.398. The first kappa shape index (κ1) is 10.5. The van der Waals surface area contributed by atoms with E-state index in [2.05, 4.69) is 15.9 Å². The normalized spacial score (nSPS) is 12.5. The third-order valence-corrected chi connectivity index (χ3v) is 3.63. The highest BCUT2D eigenvalue weighted by atomic mass is 79.9. The minimum Gasteiger partial charge on any atom is -0.478 e. The van der Waals surface area contributed by atoms with Gasteiger partial charge in [-0.05, 0) is 41.4 Å². The largest absolute Gasteiger partial charge is 0.478 e. The van der Waals surface area contributed by atoms with Crippen LogP contribution in [0.5, 0.6) is 0 Å². The molecule has 70 valence electrons. The average Bonchev–Trinajstić information content (AvgIpc) is 2.49. The molecule has 0 spiro atoms. The van der Waals surface area contributed by atoms with E-state index in [9.17, 15) is 4.79 Å². The van der Waals surface area contributed by atoms with Gasteiger partial charge in [0.15, 0.2) is 0 Å². The predicted molar refractivity (Wildman–Crippen MR) is 57.9 cm³/mol. The van der Waals surface area contributed by atoms with Crippen molar-refractivity contribution in [2.24, 2.45) is 0 Å². The van der Waals surface area contributed by atoms with Crippen LogP contribution in [0.15, 0.2) is 21.5 Å². The maximum Gasteiger partial charge on any atom is 0.331 e. The summed E-state index contributed by atoms with van der Waals surface area (Å²) in [4.78, 5) is 11.6. The van der Waals surface area contributed by atoms with E-state index in [1.807, 2.05) is 18.4 Å². The number of carboxylic acids is 1. The smallest absolute Gasteiger partial charge is 0.331 e. The summed E-state index contributed by atoms with van der Waals surface area (Å²) in [6, 6.07) is 1.92. The van der Waals surface area contributed by atoms with Gasteiger partial charge in [-0.2, -0.15) is 0 Å². The van der Waals surface area contributed by atoms with Gasteiger partial charge in [0.05, 0.1) is 0 Å². The fraction of sp³-hybridized carbons (Fsp3) is 0.222. The first-order valence-electron chi connectivity index (χ1n) is 3.67. The van der Waals surface area contributed by atoms with Crippen LogP contribution in [0.1, 0.15) is 18.7 Å². The molecule has 0 bridgehead atoms. The van der Waals surface area contributed by atoms with Gasteiger partial charge in [0.1, 0.15) is 0 Å². The highest BCUT2D eigenvalue weighted by molar-refractivity contribution is 9.10. The molecular formula is C9H9BrO2S. The van der Waals surface area contributed by atoms with Crippen LogP contribution in [-0.4, -0.2) is 11.1 Å². The highest BCUT2D eigenvalue weighted by Gasteiger charge is 2.08. The number of halogens is 1. The molecule has 1 N–H and O–H groups in total. The molecule has 0 atom stereocenters. The Kier molecular flexibility index (Phi) is 3.27. The van der Waals surface area contributed by atoms with Crippen LogP contribution in [0.2, 0.25) is 0 Å². The number of thiophene rings is 1. The minimum atomic E-state index is -0.859. The summed E-state index contributed by atoms with van der Waals surface area (Å²) in [7, 11) is 0. The third-order valence-electron chi connectivity index (χ3n) is 1.82. The number of hydrogen-bond acceptors (Lipinski definition) is 2. The SMILES string of the molecule is CC(C(=O)O)=C(C)c1cc(Br)cs1. The van der Waals surface area contributed by atoms with Crippen molar-refractivity contribution in [3.8, 4) is 0 Å². The number of rotatable bonds is 2. The molecule has 0 unspecified atom stereocenters. The molecule has 1 aromatic rings. The van der Waals surface area contributed by atoms with E-state index in [1.54, 1.807) is 6.92 Å². The summed E-state index contributed by atoms with van der Waals surface area (Å²) in [6.45, 7) is 3.44. The second kappa shape index (κ2) is 4.07. The zero-order valence-corrected chi connectivity index (χ0v) is 9.70. The van der Waals surface area contributed by atoms with Gasteiger partial charge < -0.3 is 5.11 Å². The summed E-state index contributed by atoms with van der Waals surface area (Å²) < 4.78 is 0.991. The molecule has 13 heavy (non-hydrogen) atoms. The van der Waals surface area contributed by atoms with Crippen LogP contribution in [0, 0.1) is 0 Å². The second-order valence-electron chi connectivity index (χ2n) is 2.68. The molecular weight excluding hydrogens is 252 g/mol. The van der Waals surface area contributed by atoms with E-state index in [-0.39, 0.29) is 0 Å². The summed E-state index contributed by atoms with van der Waals surface area (Å²) in [5, 5.41) is 10.7. The quantitative estimate of drug-likeness (QED) is 0.828. The Balaban J connectivity index is 3.09. The van der Waals surface area contributed by atoms with Crippen LogP contribution < -0.4 is 0 Å². The molecule has 2 nitrogen and oxygen atoms in total. The van der Waals surface area contributed by atoms with Crippen LogP contribution in [-0.2, 0) is 4.79 Å². The fourth-order valence-corrected chi connectivity index (χ4v) is 2.35. The lowest BCUT2D eigenvalue weighted by atomic mass is 10.1. The summed E-state index contributed by atoms with van der Waals surface area (Å²) in [5.41, 5.74) is 1.22. The van der Waals surface area contributed by atoms with Crippen LogP contribution >= 0.6 is 27.3 Å². The number of carboxylic acid groups (broad SMARTS) is 1. The van der Waals surface area contributed by atoms with Gasteiger partial charge in [-0.15, -0.1) is 11.3 Å². The Bertz CT molecular complexity index is 365. The summed E-state index contributed by atoms with van der Waals surface area (Å²) >= 11 is 4.86. The van der Waals surface area contributed by atoms with Gasteiger partial charge >= 0.3 is 5.97 Å². The van der Waals surface area contributed by atoms with E-state index >= 15 is 0 Å². The zero-order valence-electron chi connectivity index (χ0n) is 7.30. The van der Waals surface area contributed by atoms with E-state index < -0.39 is 5.97 Å². The Hall–Kier alpha value is -0.610. The lowest BCUT2D eigenvalue weighted by molar-refractivity contribution is -0.132. The highest BCUT2D eigenvalue weighted by Crippen LogP contribution is 2.27. The third kappa shape index (κ3) is 2.42. The van der Waals surface area contributed by atoms with Crippen molar-refractivity contribution in [2.45, 2.75) is 13.8 Å². The molecule has 1 rings (SSSR count). The van der Waals surface area contributed by atoms with Crippen molar-refractivity contribution < 1.29 is 9.90 Å². The lowest BCUT2D eigenvalue weighted by Crippen LogP contribution is -1.98. The lowest BCUT2D eigenvalue weighted by Gasteiger charge is -1.99. The van der Waals surface area contributed by atoms with E-state index in [0.717, 1.165) is 14.9 Å². The monoisotopic (exact) mass is 260 g/mol. The van der Waals surface area contributed by atoms with Gasteiger partial charge in [0.2, 0.25) is 0 Å². The summed E-state index contributed by atoms with van der Waals surface area (Å²) in [5.74, 6) is -0.859. The molecule has 0 amide bonds. The van der Waals surface area contributed by atoms with Gasteiger partial charge in [-0.25, -0.2) is 4.79 Å².